The number of nitrogens with zero attached hydrogens (tertiary/aromatic N) is 1. The first kappa shape index (κ1) is 15.5. The highest BCUT2D eigenvalue weighted by molar-refractivity contribution is 5.92. The number of hydrogen-bond acceptors (Lipinski definition) is 3. The van der Waals surface area contributed by atoms with Crippen molar-refractivity contribution in [3.63, 3.8) is 0 Å². The average Bonchev–Trinajstić information content (AvgIpc) is 3.10. The second-order valence-corrected chi connectivity index (χ2v) is 5.17. The molecule has 0 aliphatic heterocycles. The predicted octanol–water partition coefficient (Wildman–Crippen LogP) is 3.89. The Hall–Kier alpha value is -3.39. The Labute approximate surface area is 138 Å². The van der Waals surface area contributed by atoms with Gasteiger partial charge in [-0.1, -0.05) is 12.1 Å². The van der Waals surface area contributed by atoms with Crippen LogP contribution in [0.3, 0.4) is 0 Å². The fourth-order valence-corrected chi connectivity index (χ4v) is 2.25. The molecular weight excluding hydrogens is 307 g/mol. The first-order chi connectivity index (χ1) is 11.7. The van der Waals surface area contributed by atoms with E-state index < -0.39 is 0 Å². The molecule has 1 aromatic heterocycles. The molecule has 3 aromatic rings. The molecule has 2 aromatic carbocycles. The SMILES string of the molecule is N#Cc1cccc(CNC(=O)c2ccc(-c3ccc(F)cc3)o2)c1. The minimum absolute atomic E-state index is 0.172. The van der Waals surface area contributed by atoms with Gasteiger partial charge in [-0.15, -0.1) is 0 Å². The van der Waals surface area contributed by atoms with Gasteiger partial charge in [-0.25, -0.2) is 4.39 Å². The van der Waals surface area contributed by atoms with Crippen LogP contribution in [0.1, 0.15) is 21.7 Å². The van der Waals surface area contributed by atoms with Gasteiger partial charge in [0.15, 0.2) is 5.76 Å². The third-order valence-electron chi connectivity index (χ3n) is 3.47. The maximum atomic E-state index is 12.9. The van der Waals surface area contributed by atoms with Crippen LogP contribution in [0.25, 0.3) is 11.3 Å². The molecule has 0 spiro atoms. The van der Waals surface area contributed by atoms with Gasteiger partial charge in [-0.2, -0.15) is 5.26 Å². The molecule has 0 bridgehead atoms. The molecule has 5 heteroatoms. The normalized spacial score (nSPS) is 10.2. The van der Waals surface area contributed by atoms with Gasteiger partial charge in [0.25, 0.3) is 5.91 Å². The van der Waals surface area contributed by atoms with Crippen molar-refractivity contribution in [2.45, 2.75) is 6.54 Å². The van der Waals surface area contributed by atoms with E-state index in [2.05, 4.69) is 11.4 Å². The molecule has 0 atom stereocenters. The van der Waals surface area contributed by atoms with Gasteiger partial charge in [0.1, 0.15) is 11.6 Å². The quantitative estimate of drug-likeness (QED) is 0.793. The summed E-state index contributed by atoms with van der Waals surface area (Å²) in [5.41, 5.74) is 2.06. The molecule has 1 N–H and O–H groups in total. The van der Waals surface area contributed by atoms with Crippen molar-refractivity contribution in [2.75, 3.05) is 0 Å². The Balaban J connectivity index is 1.67. The van der Waals surface area contributed by atoms with Crippen molar-refractivity contribution < 1.29 is 13.6 Å². The van der Waals surface area contributed by atoms with Crippen molar-refractivity contribution in [3.8, 4) is 17.4 Å². The second kappa shape index (κ2) is 6.80. The zero-order chi connectivity index (χ0) is 16.9. The zero-order valence-electron chi connectivity index (χ0n) is 12.6. The molecule has 3 rings (SSSR count). The van der Waals surface area contributed by atoms with Crippen molar-refractivity contribution in [2.24, 2.45) is 0 Å². The summed E-state index contributed by atoms with van der Waals surface area (Å²) in [5.74, 6) is -0.0222. The van der Waals surface area contributed by atoms with Crippen molar-refractivity contribution >= 4 is 5.91 Å². The maximum absolute atomic E-state index is 12.9. The van der Waals surface area contributed by atoms with Gasteiger partial charge in [0, 0.05) is 12.1 Å². The number of amides is 1. The Bertz CT molecular complexity index is 908. The third-order valence-corrected chi connectivity index (χ3v) is 3.47. The molecule has 24 heavy (non-hydrogen) atoms. The van der Waals surface area contributed by atoms with Crippen molar-refractivity contribution in [3.05, 3.63) is 83.4 Å². The van der Waals surface area contributed by atoms with E-state index in [-0.39, 0.29) is 17.5 Å². The summed E-state index contributed by atoms with van der Waals surface area (Å²) in [6, 6.07) is 18.1. The molecule has 0 aliphatic carbocycles. The highest BCUT2D eigenvalue weighted by Crippen LogP contribution is 2.22. The molecule has 0 fully saturated rings. The molecule has 4 nitrogen and oxygen atoms in total. The van der Waals surface area contributed by atoms with E-state index in [1.165, 1.54) is 12.1 Å². The lowest BCUT2D eigenvalue weighted by Crippen LogP contribution is -2.22. The first-order valence-electron chi connectivity index (χ1n) is 7.29. The van der Waals surface area contributed by atoms with E-state index in [1.807, 2.05) is 6.07 Å². The van der Waals surface area contributed by atoms with Crippen LogP contribution >= 0.6 is 0 Å². The summed E-state index contributed by atoms with van der Waals surface area (Å²) < 4.78 is 18.5. The number of carbonyl (C=O) groups excluding carboxylic acids is 1. The van der Waals surface area contributed by atoms with E-state index in [1.54, 1.807) is 42.5 Å². The smallest absolute Gasteiger partial charge is 0.287 e. The largest absolute Gasteiger partial charge is 0.451 e. The van der Waals surface area contributed by atoms with E-state index in [4.69, 9.17) is 9.68 Å². The molecule has 0 unspecified atom stereocenters. The van der Waals surface area contributed by atoms with E-state index >= 15 is 0 Å². The third kappa shape index (κ3) is 3.50. The lowest BCUT2D eigenvalue weighted by molar-refractivity contribution is 0.0924. The minimum atomic E-state index is -0.356. The summed E-state index contributed by atoms with van der Waals surface area (Å²) in [6.07, 6.45) is 0. The summed E-state index contributed by atoms with van der Waals surface area (Å²) >= 11 is 0. The van der Waals surface area contributed by atoms with Crippen LogP contribution < -0.4 is 5.32 Å². The summed E-state index contributed by atoms with van der Waals surface area (Å²) in [6.45, 7) is 0.293. The number of hydrogen-bond donors (Lipinski definition) is 1. The summed E-state index contributed by atoms with van der Waals surface area (Å²) in [4.78, 5) is 12.1. The number of halogens is 1. The maximum Gasteiger partial charge on any atom is 0.287 e. The van der Waals surface area contributed by atoms with Crippen LogP contribution in [0, 0.1) is 17.1 Å². The number of benzene rings is 2. The fraction of sp³-hybridized carbons (Fsp3) is 0.0526. The fourth-order valence-electron chi connectivity index (χ4n) is 2.25. The number of furan rings is 1. The van der Waals surface area contributed by atoms with E-state index in [9.17, 15) is 9.18 Å². The Morgan fingerprint density at radius 2 is 1.92 bits per heavy atom. The molecule has 0 saturated heterocycles. The average molecular weight is 320 g/mol. The van der Waals surface area contributed by atoms with Gasteiger partial charge in [0.2, 0.25) is 0 Å². The highest BCUT2D eigenvalue weighted by Gasteiger charge is 2.12. The second-order valence-electron chi connectivity index (χ2n) is 5.17. The van der Waals surface area contributed by atoms with E-state index in [0.717, 1.165) is 5.56 Å². The molecule has 0 saturated carbocycles. The minimum Gasteiger partial charge on any atom is -0.451 e. The van der Waals surface area contributed by atoms with Gasteiger partial charge in [0.05, 0.1) is 11.6 Å². The van der Waals surface area contributed by atoms with Crippen LogP contribution in [0.4, 0.5) is 4.39 Å². The lowest BCUT2D eigenvalue weighted by atomic mass is 10.1. The predicted molar refractivity (Wildman–Crippen MR) is 86.4 cm³/mol. The van der Waals surface area contributed by atoms with Crippen molar-refractivity contribution in [1.82, 2.24) is 5.32 Å². The summed E-state index contributed by atoms with van der Waals surface area (Å²) in [5, 5.41) is 11.6. The van der Waals surface area contributed by atoms with Gasteiger partial charge >= 0.3 is 0 Å². The Kier molecular flexibility index (Phi) is 4.39. The first-order valence-corrected chi connectivity index (χ1v) is 7.29. The molecule has 118 valence electrons. The Morgan fingerprint density at radius 3 is 2.67 bits per heavy atom. The van der Waals surface area contributed by atoms with Gasteiger partial charge < -0.3 is 9.73 Å². The van der Waals surface area contributed by atoms with Crippen LogP contribution in [-0.2, 0) is 6.54 Å². The number of nitrogens with one attached hydrogen (secondary N) is 1. The monoisotopic (exact) mass is 320 g/mol. The number of carbonyl (C=O) groups is 1. The molecule has 0 aliphatic rings. The van der Waals surface area contributed by atoms with Crippen LogP contribution in [0.15, 0.2) is 65.1 Å². The number of nitriles is 1. The standard InChI is InChI=1S/C19H13FN2O2/c20-16-6-4-15(5-7-16)17-8-9-18(24-17)19(23)22-12-14-3-1-2-13(10-14)11-21/h1-10H,12H2,(H,22,23). The molecular formula is C19H13FN2O2. The van der Waals surface area contributed by atoms with E-state index in [0.29, 0.717) is 23.4 Å². The van der Waals surface area contributed by atoms with Gasteiger partial charge in [-0.05, 0) is 54.1 Å². The molecule has 0 radical (unpaired) electrons. The van der Waals surface area contributed by atoms with Crippen molar-refractivity contribution in [1.29, 1.82) is 5.26 Å². The molecule has 1 heterocycles. The van der Waals surface area contributed by atoms with Gasteiger partial charge in [-0.3, -0.25) is 4.79 Å². The molecule has 1 amide bonds. The zero-order valence-corrected chi connectivity index (χ0v) is 12.6. The van der Waals surface area contributed by atoms with Crippen LogP contribution in [0.5, 0.6) is 0 Å². The topological polar surface area (TPSA) is 66.0 Å². The lowest BCUT2D eigenvalue weighted by Gasteiger charge is -2.04. The number of rotatable bonds is 4. The Morgan fingerprint density at radius 1 is 1.12 bits per heavy atom. The summed E-state index contributed by atoms with van der Waals surface area (Å²) in [7, 11) is 0. The van der Waals surface area contributed by atoms with Crippen LogP contribution in [-0.4, -0.2) is 5.91 Å². The highest BCUT2D eigenvalue weighted by atomic mass is 19.1. The van der Waals surface area contributed by atoms with Crippen LogP contribution in [0.2, 0.25) is 0 Å².